The second-order valence-corrected chi connectivity index (χ2v) is 7.29. The summed E-state index contributed by atoms with van der Waals surface area (Å²) >= 11 is 6.27. The largest absolute Gasteiger partial charge is 0.486 e. The number of carbonyl (C=O) groups is 2. The van der Waals surface area contributed by atoms with Crippen molar-refractivity contribution in [1.29, 1.82) is 0 Å². The van der Waals surface area contributed by atoms with Gasteiger partial charge in [-0.15, -0.1) is 0 Å². The van der Waals surface area contributed by atoms with Crippen LogP contribution in [-0.4, -0.2) is 43.0 Å². The van der Waals surface area contributed by atoms with Gasteiger partial charge in [0.1, 0.15) is 19.3 Å². The zero-order valence-electron chi connectivity index (χ0n) is 16.6. The molecule has 1 N–H and O–H groups in total. The van der Waals surface area contributed by atoms with Gasteiger partial charge in [0.15, 0.2) is 11.5 Å². The summed E-state index contributed by atoms with van der Waals surface area (Å²) in [7, 11) is 1.56. The molecule has 29 heavy (non-hydrogen) atoms. The highest BCUT2D eigenvalue weighted by Gasteiger charge is 2.26. The van der Waals surface area contributed by atoms with Crippen molar-refractivity contribution in [3.8, 4) is 11.5 Å². The van der Waals surface area contributed by atoms with Gasteiger partial charge in [0, 0.05) is 25.0 Å². The number of amides is 2. The SMILES string of the molecule is CNC(=O)[C@@H](C)N(Cc1ccccc1Cl)C(=O)CCc1ccc2c(c1)OCCO2. The molecule has 0 radical (unpaired) electrons. The Morgan fingerprint density at radius 1 is 1.14 bits per heavy atom. The number of nitrogens with zero attached hydrogens (tertiary/aromatic N) is 1. The van der Waals surface area contributed by atoms with Gasteiger partial charge in [0.2, 0.25) is 11.8 Å². The lowest BCUT2D eigenvalue weighted by Gasteiger charge is -2.29. The van der Waals surface area contributed by atoms with E-state index in [2.05, 4.69) is 5.32 Å². The Morgan fingerprint density at radius 3 is 2.59 bits per heavy atom. The number of rotatable bonds is 7. The second kappa shape index (κ2) is 9.65. The Hall–Kier alpha value is -2.73. The van der Waals surface area contributed by atoms with E-state index >= 15 is 0 Å². The summed E-state index contributed by atoms with van der Waals surface area (Å²) in [6.07, 6.45) is 0.806. The average Bonchev–Trinajstić information content (AvgIpc) is 2.75. The maximum atomic E-state index is 13.0. The van der Waals surface area contributed by atoms with Crippen LogP contribution < -0.4 is 14.8 Å². The smallest absolute Gasteiger partial charge is 0.242 e. The van der Waals surface area contributed by atoms with Gasteiger partial charge in [-0.25, -0.2) is 0 Å². The predicted octanol–water partition coefficient (Wildman–Crippen LogP) is 3.21. The summed E-state index contributed by atoms with van der Waals surface area (Å²) in [6.45, 7) is 3.05. The molecule has 7 heteroatoms. The van der Waals surface area contributed by atoms with Gasteiger partial charge in [-0.2, -0.15) is 0 Å². The number of fused-ring (bicyclic) bond motifs is 1. The number of carbonyl (C=O) groups excluding carboxylic acids is 2. The van der Waals surface area contributed by atoms with E-state index in [1.807, 2.05) is 36.4 Å². The summed E-state index contributed by atoms with van der Waals surface area (Å²) in [5.74, 6) is 1.09. The Kier molecular flexibility index (Phi) is 6.99. The molecule has 1 atom stereocenters. The molecule has 1 aliphatic rings. The van der Waals surface area contributed by atoms with E-state index < -0.39 is 6.04 Å². The number of nitrogens with one attached hydrogen (secondary N) is 1. The van der Waals surface area contributed by atoms with E-state index in [0.29, 0.717) is 30.4 Å². The van der Waals surface area contributed by atoms with Gasteiger partial charge in [-0.3, -0.25) is 9.59 Å². The number of hydrogen-bond acceptors (Lipinski definition) is 4. The van der Waals surface area contributed by atoms with Crippen molar-refractivity contribution < 1.29 is 19.1 Å². The predicted molar refractivity (Wildman–Crippen MR) is 111 cm³/mol. The number of hydrogen-bond donors (Lipinski definition) is 1. The van der Waals surface area contributed by atoms with Crippen molar-refractivity contribution in [3.05, 3.63) is 58.6 Å². The summed E-state index contributed by atoms with van der Waals surface area (Å²) in [6, 6.07) is 12.4. The number of ether oxygens (including phenoxy) is 2. The Balaban J connectivity index is 1.72. The quantitative estimate of drug-likeness (QED) is 0.752. The van der Waals surface area contributed by atoms with Crippen LogP contribution >= 0.6 is 11.6 Å². The Morgan fingerprint density at radius 2 is 1.86 bits per heavy atom. The van der Waals surface area contributed by atoms with Crippen molar-refractivity contribution in [1.82, 2.24) is 10.2 Å². The molecule has 0 saturated carbocycles. The van der Waals surface area contributed by atoms with Crippen LogP contribution in [0.3, 0.4) is 0 Å². The molecule has 0 aromatic heterocycles. The van der Waals surface area contributed by atoms with Crippen LogP contribution in [-0.2, 0) is 22.6 Å². The molecule has 0 unspecified atom stereocenters. The van der Waals surface area contributed by atoms with E-state index in [1.165, 1.54) is 0 Å². The van der Waals surface area contributed by atoms with Crippen molar-refractivity contribution in [2.24, 2.45) is 0 Å². The molecule has 2 amide bonds. The molecule has 154 valence electrons. The first kappa shape index (κ1) is 21.0. The fourth-order valence-corrected chi connectivity index (χ4v) is 3.44. The molecule has 0 spiro atoms. The van der Waals surface area contributed by atoms with Gasteiger partial charge in [-0.1, -0.05) is 35.9 Å². The molecule has 1 heterocycles. The van der Waals surface area contributed by atoms with E-state index in [1.54, 1.807) is 24.9 Å². The van der Waals surface area contributed by atoms with E-state index in [4.69, 9.17) is 21.1 Å². The molecule has 0 bridgehead atoms. The molecular formula is C22H25ClN2O4. The maximum absolute atomic E-state index is 13.0. The van der Waals surface area contributed by atoms with Crippen molar-refractivity contribution in [2.75, 3.05) is 20.3 Å². The maximum Gasteiger partial charge on any atom is 0.242 e. The third kappa shape index (κ3) is 5.21. The number of likely N-dealkylation sites (N-methyl/N-ethyl adjacent to an activating group) is 1. The highest BCUT2D eigenvalue weighted by atomic mass is 35.5. The van der Waals surface area contributed by atoms with Crippen molar-refractivity contribution in [3.63, 3.8) is 0 Å². The van der Waals surface area contributed by atoms with E-state index in [9.17, 15) is 9.59 Å². The van der Waals surface area contributed by atoms with Crippen LogP contribution in [0.1, 0.15) is 24.5 Å². The zero-order chi connectivity index (χ0) is 20.8. The van der Waals surface area contributed by atoms with Crippen molar-refractivity contribution >= 4 is 23.4 Å². The molecule has 6 nitrogen and oxygen atoms in total. The molecular weight excluding hydrogens is 392 g/mol. The minimum Gasteiger partial charge on any atom is -0.486 e. The molecule has 0 saturated heterocycles. The minimum absolute atomic E-state index is 0.115. The Labute approximate surface area is 175 Å². The molecule has 3 rings (SSSR count). The van der Waals surface area contributed by atoms with E-state index in [-0.39, 0.29) is 24.8 Å². The summed E-state index contributed by atoms with van der Waals surface area (Å²) < 4.78 is 11.1. The van der Waals surface area contributed by atoms with Crippen molar-refractivity contribution in [2.45, 2.75) is 32.4 Å². The number of aryl methyl sites for hydroxylation is 1. The van der Waals surface area contributed by atoms with Gasteiger partial charge in [-0.05, 0) is 42.7 Å². The van der Waals surface area contributed by atoms with Crippen LogP contribution in [0.15, 0.2) is 42.5 Å². The molecule has 0 aliphatic carbocycles. The monoisotopic (exact) mass is 416 g/mol. The lowest BCUT2D eigenvalue weighted by molar-refractivity contribution is -0.140. The average molecular weight is 417 g/mol. The third-order valence-electron chi connectivity index (χ3n) is 4.95. The number of halogens is 1. The van der Waals surface area contributed by atoms with Crippen LogP contribution in [0.4, 0.5) is 0 Å². The standard InChI is InChI=1S/C22H25ClN2O4/c1-15(22(27)24-2)25(14-17-5-3-4-6-18(17)23)21(26)10-8-16-7-9-19-20(13-16)29-12-11-28-19/h3-7,9,13,15H,8,10-12,14H2,1-2H3,(H,24,27)/t15-/m1/s1. The molecule has 2 aromatic carbocycles. The fraction of sp³-hybridized carbons (Fsp3) is 0.364. The number of benzene rings is 2. The van der Waals surface area contributed by atoms with Crippen LogP contribution in [0, 0.1) is 0 Å². The van der Waals surface area contributed by atoms with Gasteiger partial charge < -0.3 is 19.7 Å². The fourth-order valence-electron chi connectivity index (χ4n) is 3.24. The summed E-state index contributed by atoms with van der Waals surface area (Å²) in [4.78, 5) is 26.8. The third-order valence-corrected chi connectivity index (χ3v) is 5.32. The summed E-state index contributed by atoms with van der Waals surface area (Å²) in [5, 5.41) is 3.18. The molecule has 1 aliphatic heterocycles. The minimum atomic E-state index is -0.607. The first-order valence-corrected chi connectivity index (χ1v) is 10.0. The van der Waals surface area contributed by atoms with Gasteiger partial charge in [0.05, 0.1) is 0 Å². The molecule has 0 fully saturated rings. The topological polar surface area (TPSA) is 67.9 Å². The highest BCUT2D eigenvalue weighted by Crippen LogP contribution is 2.31. The lowest BCUT2D eigenvalue weighted by Crippen LogP contribution is -2.46. The Bertz CT molecular complexity index is 887. The summed E-state index contributed by atoms with van der Waals surface area (Å²) in [5.41, 5.74) is 1.78. The van der Waals surface area contributed by atoms with Gasteiger partial charge >= 0.3 is 0 Å². The normalized spacial score (nSPS) is 13.5. The highest BCUT2D eigenvalue weighted by molar-refractivity contribution is 6.31. The van der Waals surface area contributed by atoms with E-state index in [0.717, 1.165) is 16.9 Å². The van der Waals surface area contributed by atoms with Crippen LogP contribution in [0.2, 0.25) is 5.02 Å². The van der Waals surface area contributed by atoms with Crippen LogP contribution in [0.5, 0.6) is 11.5 Å². The van der Waals surface area contributed by atoms with Gasteiger partial charge in [0.25, 0.3) is 0 Å². The first-order chi connectivity index (χ1) is 14.0. The first-order valence-electron chi connectivity index (χ1n) is 9.62. The second-order valence-electron chi connectivity index (χ2n) is 6.88. The lowest BCUT2D eigenvalue weighted by atomic mass is 10.1. The zero-order valence-corrected chi connectivity index (χ0v) is 17.4. The molecule has 2 aromatic rings. The van der Waals surface area contributed by atoms with Crippen LogP contribution in [0.25, 0.3) is 0 Å².